The van der Waals surface area contributed by atoms with Crippen LogP contribution in [0.1, 0.15) is 42.6 Å². The number of carbonyl (C=O) groups is 2. The first-order valence-corrected chi connectivity index (χ1v) is 9.41. The molecule has 1 aliphatic carbocycles. The van der Waals surface area contributed by atoms with E-state index in [9.17, 15) is 14.8 Å². The highest BCUT2D eigenvalue weighted by molar-refractivity contribution is 5.96. The largest absolute Gasteiger partial charge is 0.595 e. The third-order valence-corrected chi connectivity index (χ3v) is 5.14. The number of nitrogens with one attached hydrogen (secondary N) is 3. The lowest BCUT2D eigenvalue weighted by molar-refractivity contribution is -0.991. The first-order chi connectivity index (χ1) is 13.5. The van der Waals surface area contributed by atoms with Crippen molar-refractivity contribution < 1.29 is 20.0 Å². The molecular formula is C19H25N5O4. The fourth-order valence-corrected chi connectivity index (χ4v) is 3.58. The highest BCUT2D eigenvalue weighted by atomic mass is 16.8. The number of rotatable bonds is 6. The fourth-order valence-electron chi connectivity index (χ4n) is 3.58. The zero-order valence-corrected chi connectivity index (χ0v) is 15.7. The van der Waals surface area contributed by atoms with E-state index >= 15 is 0 Å². The van der Waals surface area contributed by atoms with Gasteiger partial charge in [-0.05, 0) is 37.0 Å². The van der Waals surface area contributed by atoms with Gasteiger partial charge in [0, 0.05) is 25.4 Å². The summed E-state index contributed by atoms with van der Waals surface area (Å²) in [6, 6.07) is 7.19. The molecule has 0 spiro atoms. The average molecular weight is 387 g/mol. The summed E-state index contributed by atoms with van der Waals surface area (Å²) in [6.07, 6.45) is 6.76. The molecule has 1 fully saturated rings. The van der Waals surface area contributed by atoms with Crippen LogP contribution in [0.4, 0.5) is 5.69 Å². The van der Waals surface area contributed by atoms with Crippen LogP contribution in [0.25, 0.3) is 5.69 Å². The predicted molar refractivity (Wildman–Crippen MR) is 101 cm³/mol. The standard InChI is InChI=1S/C19H25N5O4/c1-20-19(26)17(13-5-3-2-4-6-13)21-18(25)16-11-12-23(22-16)14-7-9-15(10-8-14)24(27)28/h7-13,17,24,27H,2-6H2,1H3,(H,20,26)(H,21,25)/t17-/m0/s1. The van der Waals surface area contributed by atoms with Gasteiger partial charge in [0.15, 0.2) is 11.4 Å². The van der Waals surface area contributed by atoms with Crippen molar-refractivity contribution in [3.8, 4) is 5.69 Å². The third kappa shape index (κ3) is 4.56. The molecule has 0 radical (unpaired) electrons. The lowest BCUT2D eigenvalue weighted by Gasteiger charge is -2.29. The normalized spacial score (nSPS) is 17.0. The minimum absolute atomic E-state index is 0.128. The smallest absolute Gasteiger partial charge is 0.272 e. The molecule has 0 saturated heterocycles. The third-order valence-electron chi connectivity index (χ3n) is 5.14. The first-order valence-electron chi connectivity index (χ1n) is 9.41. The second-order valence-corrected chi connectivity index (χ2v) is 6.96. The van der Waals surface area contributed by atoms with Crippen LogP contribution in [0, 0.1) is 11.1 Å². The predicted octanol–water partition coefficient (Wildman–Crippen LogP) is 0.700. The molecule has 150 valence electrons. The van der Waals surface area contributed by atoms with E-state index in [0.717, 1.165) is 32.1 Å². The van der Waals surface area contributed by atoms with Crippen LogP contribution in [0.2, 0.25) is 0 Å². The second kappa shape index (κ2) is 8.96. The van der Waals surface area contributed by atoms with E-state index in [1.54, 1.807) is 31.4 Å². The maximum Gasteiger partial charge on any atom is 0.272 e. The molecule has 1 saturated carbocycles. The Morgan fingerprint density at radius 2 is 1.89 bits per heavy atom. The van der Waals surface area contributed by atoms with Crippen LogP contribution < -0.4 is 15.9 Å². The minimum Gasteiger partial charge on any atom is -0.595 e. The highest BCUT2D eigenvalue weighted by Crippen LogP contribution is 2.26. The Labute approximate surface area is 162 Å². The van der Waals surface area contributed by atoms with Crippen LogP contribution in [-0.2, 0) is 4.79 Å². The Bertz CT molecular complexity index is 812. The molecule has 1 aromatic heterocycles. The summed E-state index contributed by atoms with van der Waals surface area (Å²) in [4.78, 5) is 25.0. The highest BCUT2D eigenvalue weighted by Gasteiger charge is 2.31. The zero-order valence-electron chi connectivity index (χ0n) is 15.7. The van der Waals surface area contributed by atoms with Gasteiger partial charge in [-0.15, -0.1) is 0 Å². The second-order valence-electron chi connectivity index (χ2n) is 6.96. The van der Waals surface area contributed by atoms with Gasteiger partial charge in [-0.1, -0.05) is 19.3 Å². The molecule has 1 unspecified atom stereocenters. The molecule has 28 heavy (non-hydrogen) atoms. The molecule has 9 nitrogen and oxygen atoms in total. The van der Waals surface area contributed by atoms with E-state index in [1.807, 2.05) is 0 Å². The van der Waals surface area contributed by atoms with E-state index in [1.165, 1.54) is 16.8 Å². The molecule has 0 bridgehead atoms. The number of hydrogen-bond donors (Lipinski definition) is 4. The van der Waals surface area contributed by atoms with Crippen LogP contribution in [-0.4, -0.2) is 39.9 Å². The molecule has 2 amide bonds. The summed E-state index contributed by atoms with van der Waals surface area (Å²) in [5.41, 5.74) is 1.01. The molecular weight excluding hydrogens is 362 g/mol. The van der Waals surface area contributed by atoms with Crippen LogP contribution in [0.15, 0.2) is 36.5 Å². The van der Waals surface area contributed by atoms with E-state index in [2.05, 4.69) is 15.7 Å². The Kier molecular flexibility index (Phi) is 6.40. The van der Waals surface area contributed by atoms with Crippen molar-refractivity contribution in [3.05, 3.63) is 47.4 Å². The van der Waals surface area contributed by atoms with Crippen molar-refractivity contribution in [1.29, 1.82) is 0 Å². The Morgan fingerprint density at radius 1 is 1.21 bits per heavy atom. The molecule has 2 aromatic rings. The van der Waals surface area contributed by atoms with Gasteiger partial charge in [0.25, 0.3) is 5.91 Å². The summed E-state index contributed by atoms with van der Waals surface area (Å²) in [5.74, 6) is -0.465. The van der Waals surface area contributed by atoms with Crippen LogP contribution in [0.3, 0.4) is 0 Å². The van der Waals surface area contributed by atoms with Gasteiger partial charge in [-0.3, -0.25) is 9.59 Å². The van der Waals surface area contributed by atoms with Gasteiger partial charge < -0.3 is 15.8 Å². The van der Waals surface area contributed by atoms with Crippen molar-refractivity contribution in [1.82, 2.24) is 20.4 Å². The van der Waals surface area contributed by atoms with Gasteiger partial charge in [0.05, 0.1) is 5.69 Å². The quantitative estimate of drug-likeness (QED) is 0.543. The molecule has 9 heteroatoms. The van der Waals surface area contributed by atoms with E-state index in [-0.39, 0.29) is 23.2 Å². The monoisotopic (exact) mass is 387 g/mol. The van der Waals surface area contributed by atoms with Crippen molar-refractivity contribution in [2.24, 2.45) is 5.92 Å². The topological polar surface area (TPSA) is 124 Å². The number of aromatic nitrogens is 2. The number of benzene rings is 1. The zero-order chi connectivity index (χ0) is 20.1. The minimum atomic E-state index is -1.00. The Morgan fingerprint density at radius 3 is 2.50 bits per heavy atom. The number of likely N-dealkylation sites (N-methyl/N-ethyl adjacent to an activating group) is 1. The maximum atomic E-state index is 12.7. The van der Waals surface area contributed by atoms with Crippen molar-refractivity contribution in [2.75, 3.05) is 7.05 Å². The molecule has 2 atom stereocenters. The summed E-state index contributed by atoms with van der Waals surface area (Å²) >= 11 is 0. The molecule has 1 heterocycles. The molecule has 3 rings (SSSR count). The number of carbonyl (C=O) groups excluding carboxylic acids is 2. The van der Waals surface area contributed by atoms with Gasteiger partial charge in [0.1, 0.15) is 6.04 Å². The van der Waals surface area contributed by atoms with E-state index < -0.39 is 17.2 Å². The lowest BCUT2D eigenvalue weighted by Crippen LogP contribution is -2.99. The Balaban J connectivity index is 1.72. The number of hydrogen-bond acceptors (Lipinski definition) is 5. The summed E-state index contributed by atoms with van der Waals surface area (Å²) in [7, 11) is 1.57. The lowest BCUT2D eigenvalue weighted by atomic mass is 9.83. The number of nitrogens with zero attached hydrogens (tertiary/aromatic N) is 2. The van der Waals surface area contributed by atoms with Crippen LogP contribution in [0.5, 0.6) is 0 Å². The van der Waals surface area contributed by atoms with E-state index in [4.69, 9.17) is 5.21 Å². The van der Waals surface area contributed by atoms with Gasteiger partial charge in [0.2, 0.25) is 5.91 Å². The summed E-state index contributed by atoms with van der Waals surface area (Å²) < 4.78 is 1.50. The number of amides is 2. The number of quaternary nitrogens is 1. The SMILES string of the molecule is CNC(=O)[C@@H](NC(=O)c1ccn(-c2ccc([NH+]([O-])O)cc2)n1)C1CCCCC1. The van der Waals surface area contributed by atoms with Crippen molar-refractivity contribution in [3.63, 3.8) is 0 Å². The molecule has 0 aliphatic heterocycles. The van der Waals surface area contributed by atoms with Gasteiger partial charge in [-0.25, -0.2) is 9.89 Å². The molecule has 4 N–H and O–H groups in total. The van der Waals surface area contributed by atoms with Crippen molar-refractivity contribution >= 4 is 17.5 Å². The van der Waals surface area contributed by atoms with Gasteiger partial charge >= 0.3 is 0 Å². The van der Waals surface area contributed by atoms with E-state index in [0.29, 0.717) is 5.69 Å². The van der Waals surface area contributed by atoms with Crippen molar-refractivity contribution in [2.45, 2.75) is 38.1 Å². The molecule has 1 aliphatic rings. The summed E-state index contributed by atoms with van der Waals surface area (Å²) in [6.45, 7) is 0. The van der Waals surface area contributed by atoms with Crippen LogP contribution >= 0.6 is 0 Å². The first kappa shape index (κ1) is 20.0. The Hall–Kier alpha value is -2.75. The maximum absolute atomic E-state index is 12.7. The summed E-state index contributed by atoms with van der Waals surface area (Å²) in [5, 5.41) is 28.7. The van der Waals surface area contributed by atoms with Gasteiger partial charge in [-0.2, -0.15) is 10.3 Å². The average Bonchev–Trinajstić information content (AvgIpc) is 3.22. The molecule has 1 aromatic carbocycles. The fraction of sp³-hybridized carbons (Fsp3) is 0.421.